The van der Waals surface area contributed by atoms with Crippen LogP contribution in [0.15, 0.2) is 54.6 Å². The number of hydrogen-bond donors (Lipinski definition) is 1. The molecule has 0 radical (unpaired) electrons. The zero-order valence-electron chi connectivity index (χ0n) is 14.9. The monoisotopic (exact) mass is 365 g/mol. The molecule has 0 aliphatic heterocycles. The number of nitrogens with one attached hydrogen (secondary N) is 1. The van der Waals surface area contributed by atoms with Gasteiger partial charge in [-0.05, 0) is 30.7 Å². The van der Waals surface area contributed by atoms with Crippen LogP contribution in [0.25, 0.3) is 0 Å². The van der Waals surface area contributed by atoms with E-state index in [1.807, 2.05) is 6.07 Å². The number of carbonyl (C=O) groups excluding carboxylic acids is 1. The summed E-state index contributed by atoms with van der Waals surface area (Å²) in [6, 6.07) is 14.1. The van der Waals surface area contributed by atoms with Gasteiger partial charge in [0.1, 0.15) is 5.75 Å². The molecule has 1 unspecified atom stereocenters. The average molecular weight is 365 g/mol. The van der Waals surface area contributed by atoms with Gasteiger partial charge in [0, 0.05) is 12.0 Å². The molecule has 2 rings (SSSR count). The molecule has 1 amide bonds. The van der Waals surface area contributed by atoms with Crippen LogP contribution in [0.2, 0.25) is 0 Å². The van der Waals surface area contributed by atoms with Crippen molar-refractivity contribution in [2.45, 2.75) is 38.5 Å². The number of halogens is 3. The Morgan fingerprint density at radius 2 is 1.65 bits per heavy atom. The highest BCUT2D eigenvalue weighted by atomic mass is 19.4. The number of hydrogen-bond acceptors (Lipinski definition) is 2. The van der Waals surface area contributed by atoms with Gasteiger partial charge in [-0.15, -0.1) is 0 Å². The molecule has 0 saturated carbocycles. The predicted molar refractivity (Wildman–Crippen MR) is 94.0 cm³/mol. The Labute approximate surface area is 151 Å². The third kappa shape index (κ3) is 5.25. The largest absolute Gasteiger partial charge is 0.481 e. The van der Waals surface area contributed by atoms with E-state index in [4.69, 9.17) is 4.74 Å². The summed E-state index contributed by atoms with van der Waals surface area (Å²) in [5, 5.41) is 2.75. The van der Waals surface area contributed by atoms with E-state index in [1.165, 1.54) is 6.07 Å². The Balaban J connectivity index is 2.00. The zero-order valence-corrected chi connectivity index (χ0v) is 14.9. The first-order valence-corrected chi connectivity index (χ1v) is 8.27. The summed E-state index contributed by atoms with van der Waals surface area (Å²) in [6.07, 6.45) is -5.11. The second-order valence-corrected chi connectivity index (χ2v) is 6.75. The van der Waals surface area contributed by atoms with Gasteiger partial charge in [-0.1, -0.05) is 50.2 Å². The van der Waals surface area contributed by atoms with Crippen molar-refractivity contribution in [3.05, 3.63) is 65.7 Å². The fraction of sp³-hybridized carbons (Fsp3) is 0.350. The zero-order chi connectivity index (χ0) is 19.4. The van der Waals surface area contributed by atoms with E-state index in [9.17, 15) is 18.0 Å². The van der Waals surface area contributed by atoms with Gasteiger partial charge in [0.25, 0.3) is 5.91 Å². The molecule has 140 valence electrons. The minimum atomic E-state index is -4.40. The molecule has 1 atom stereocenters. The Bertz CT molecular complexity index is 742. The van der Waals surface area contributed by atoms with Crippen LogP contribution in [0.3, 0.4) is 0 Å². The first kappa shape index (κ1) is 19.8. The molecule has 1 N–H and O–H groups in total. The molecular formula is C20H22F3NO2. The lowest BCUT2D eigenvalue weighted by atomic mass is 9.83. The van der Waals surface area contributed by atoms with Crippen LogP contribution in [0, 0.1) is 0 Å². The molecule has 0 fully saturated rings. The highest BCUT2D eigenvalue weighted by Crippen LogP contribution is 2.32. The molecule has 2 aromatic rings. The molecule has 0 bridgehead atoms. The van der Waals surface area contributed by atoms with Gasteiger partial charge < -0.3 is 10.1 Å². The molecule has 0 spiro atoms. The normalized spacial score (nSPS) is 13.2. The van der Waals surface area contributed by atoms with Crippen molar-refractivity contribution in [2.24, 2.45) is 0 Å². The lowest BCUT2D eigenvalue weighted by molar-refractivity contribution is -0.137. The maximum atomic E-state index is 12.9. The maximum Gasteiger partial charge on any atom is 0.416 e. The van der Waals surface area contributed by atoms with Crippen LogP contribution in [0.5, 0.6) is 5.75 Å². The summed E-state index contributed by atoms with van der Waals surface area (Å²) < 4.78 is 44.2. The smallest absolute Gasteiger partial charge is 0.416 e. The summed E-state index contributed by atoms with van der Waals surface area (Å²) >= 11 is 0. The van der Waals surface area contributed by atoms with E-state index >= 15 is 0 Å². The topological polar surface area (TPSA) is 38.3 Å². The molecule has 6 heteroatoms. The highest BCUT2D eigenvalue weighted by molar-refractivity contribution is 5.80. The van der Waals surface area contributed by atoms with Gasteiger partial charge >= 0.3 is 6.18 Å². The van der Waals surface area contributed by atoms with Crippen molar-refractivity contribution < 1.29 is 22.7 Å². The minimum absolute atomic E-state index is 0.190. The summed E-state index contributed by atoms with van der Waals surface area (Å²) in [5.74, 6) is 0.251. The number of para-hydroxylation sites is 1. The number of alkyl halides is 3. The standard InChI is InChI=1S/C20H22F3NO2/c1-14(26-17-10-5-4-6-11-17)18(25)24-13-19(2,3)15-8-7-9-16(12-15)20(21,22)23/h4-12,14H,13H2,1-3H3,(H,24,25). The van der Waals surface area contributed by atoms with Crippen LogP contribution in [0.1, 0.15) is 31.9 Å². The van der Waals surface area contributed by atoms with Crippen molar-refractivity contribution in [1.29, 1.82) is 0 Å². The molecule has 2 aromatic carbocycles. The van der Waals surface area contributed by atoms with E-state index in [2.05, 4.69) is 5.32 Å². The summed E-state index contributed by atoms with van der Waals surface area (Å²) in [5.41, 5.74) is -0.858. The van der Waals surface area contributed by atoms with Gasteiger partial charge in [0.05, 0.1) is 5.56 Å². The van der Waals surface area contributed by atoms with E-state index in [1.54, 1.807) is 51.1 Å². The van der Waals surface area contributed by atoms with Gasteiger partial charge in [-0.25, -0.2) is 0 Å². The predicted octanol–water partition coefficient (Wildman–Crippen LogP) is 4.57. The van der Waals surface area contributed by atoms with Crippen LogP contribution in [0.4, 0.5) is 13.2 Å². The lowest BCUT2D eigenvalue weighted by Crippen LogP contribution is -2.42. The molecular weight excluding hydrogens is 343 g/mol. The van der Waals surface area contributed by atoms with Crippen LogP contribution >= 0.6 is 0 Å². The second kappa shape index (κ2) is 7.81. The number of rotatable bonds is 6. The Kier molecular flexibility index (Phi) is 5.95. The lowest BCUT2D eigenvalue weighted by Gasteiger charge is -2.27. The van der Waals surface area contributed by atoms with Gasteiger partial charge in [0.2, 0.25) is 0 Å². The van der Waals surface area contributed by atoms with E-state index in [-0.39, 0.29) is 12.5 Å². The molecule has 3 nitrogen and oxygen atoms in total. The van der Waals surface area contributed by atoms with Gasteiger partial charge in [0.15, 0.2) is 6.10 Å². The highest BCUT2D eigenvalue weighted by Gasteiger charge is 2.32. The Hall–Kier alpha value is -2.50. The molecule has 0 heterocycles. The molecule has 26 heavy (non-hydrogen) atoms. The number of benzene rings is 2. The summed E-state index contributed by atoms with van der Waals surface area (Å²) in [7, 11) is 0. The van der Waals surface area contributed by atoms with Crippen molar-refractivity contribution in [2.75, 3.05) is 6.54 Å². The van der Waals surface area contributed by atoms with Crippen LogP contribution < -0.4 is 10.1 Å². The van der Waals surface area contributed by atoms with Crippen molar-refractivity contribution in [1.82, 2.24) is 5.32 Å². The van der Waals surface area contributed by atoms with Crippen molar-refractivity contribution in [3.63, 3.8) is 0 Å². The first-order valence-electron chi connectivity index (χ1n) is 8.27. The molecule has 0 aliphatic carbocycles. The summed E-state index contributed by atoms with van der Waals surface area (Å²) in [4.78, 5) is 12.2. The van der Waals surface area contributed by atoms with Crippen LogP contribution in [-0.2, 0) is 16.4 Å². The second-order valence-electron chi connectivity index (χ2n) is 6.75. The fourth-order valence-corrected chi connectivity index (χ4v) is 2.43. The van der Waals surface area contributed by atoms with Gasteiger partial charge in [-0.3, -0.25) is 4.79 Å². The third-order valence-corrected chi connectivity index (χ3v) is 4.10. The number of amides is 1. The van der Waals surface area contributed by atoms with Crippen LogP contribution in [-0.4, -0.2) is 18.6 Å². The molecule has 0 aromatic heterocycles. The number of carbonyl (C=O) groups is 1. The van der Waals surface area contributed by atoms with Crippen molar-refractivity contribution >= 4 is 5.91 Å². The minimum Gasteiger partial charge on any atom is -0.481 e. The quantitative estimate of drug-likeness (QED) is 0.815. The maximum absolute atomic E-state index is 12.9. The SMILES string of the molecule is CC(Oc1ccccc1)C(=O)NCC(C)(C)c1cccc(C(F)(F)F)c1. The third-order valence-electron chi connectivity index (χ3n) is 4.10. The fourth-order valence-electron chi connectivity index (χ4n) is 2.43. The Morgan fingerprint density at radius 1 is 1.04 bits per heavy atom. The van der Waals surface area contributed by atoms with E-state index in [0.717, 1.165) is 12.1 Å². The van der Waals surface area contributed by atoms with E-state index in [0.29, 0.717) is 11.3 Å². The van der Waals surface area contributed by atoms with Gasteiger partial charge in [-0.2, -0.15) is 13.2 Å². The average Bonchev–Trinajstić information content (AvgIpc) is 2.60. The number of ether oxygens (including phenoxy) is 1. The summed E-state index contributed by atoms with van der Waals surface area (Å²) in [6.45, 7) is 5.38. The Morgan fingerprint density at radius 3 is 2.27 bits per heavy atom. The first-order chi connectivity index (χ1) is 12.1. The van der Waals surface area contributed by atoms with Crippen molar-refractivity contribution in [3.8, 4) is 5.75 Å². The molecule has 0 aliphatic rings. The van der Waals surface area contributed by atoms with E-state index < -0.39 is 23.3 Å². The molecule has 0 saturated heterocycles.